The number of carbonyl (C=O) groups is 1. The molecular formula is C23H30FN3O4S. The Balaban J connectivity index is 1.51. The Morgan fingerprint density at radius 3 is 2.44 bits per heavy atom. The summed E-state index contributed by atoms with van der Waals surface area (Å²) in [6, 6.07) is 7.84. The van der Waals surface area contributed by atoms with Gasteiger partial charge in [0.2, 0.25) is 10.0 Å². The van der Waals surface area contributed by atoms with Gasteiger partial charge >= 0.3 is 0 Å². The van der Waals surface area contributed by atoms with Gasteiger partial charge in [-0.25, -0.2) is 12.8 Å². The van der Waals surface area contributed by atoms with E-state index in [1.54, 1.807) is 23.7 Å². The highest BCUT2D eigenvalue weighted by atomic mass is 32.2. The second kappa shape index (κ2) is 9.33. The lowest BCUT2D eigenvalue weighted by Gasteiger charge is -2.38. The summed E-state index contributed by atoms with van der Waals surface area (Å²) in [6.45, 7) is 2.52. The van der Waals surface area contributed by atoms with Crippen molar-refractivity contribution < 1.29 is 22.3 Å². The zero-order valence-electron chi connectivity index (χ0n) is 18.3. The van der Waals surface area contributed by atoms with Gasteiger partial charge in [0.15, 0.2) is 0 Å². The van der Waals surface area contributed by atoms with E-state index in [0.29, 0.717) is 51.4 Å². The maximum absolute atomic E-state index is 13.4. The van der Waals surface area contributed by atoms with E-state index in [1.165, 1.54) is 28.7 Å². The number of aryl methyl sites for hydroxylation is 1. The summed E-state index contributed by atoms with van der Waals surface area (Å²) in [5.74, 6) is -0.633. The maximum Gasteiger partial charge on any atom is 0.267 e. The molecule has 2 aromatic rings. The largest absolute Gasteiger partial charge is 0.381 e. The van der Waals surface area contributed by atoms with E-state index in [2.05, 4.69) is 5.32 Å². The summed E-state index contributed by atoms with van der Waals surface area (Å²) in [4.78, 5) is 13.2. The fourth-order valence-corrected chi connectivity index (χ4v) is 6.22. The summed E-state index contributed by atoms with van der Waals surface area (Å²) < 4.78 is 48.0. The molecular weight excluding hydrogens is 433 g/mol. The number of rotatable bonds is 6. The Bertz CT molecular complexity index is 1050. The highest BCUT2D eigenvalue weighted by molar-refractivity contribution is 7.89. The normalized spacial score (nSPS) is 19.6. The van der Waals surface area contributed by atoms with E-state index in [9.17, 15) is 17.6 Å². The van der Waals surface area contributed by atoms with Crippen LogP contribution in [0.15, 0.2) is 41.4 Å². The Labute approximate surface area is 188 Å². The molecule has 174 valence electrons. The molecule has 9 heteroatoms. The van der Waals surface area contributed by atoms with E-state index >= 15 is 0 Å². The second-order valence-electron chi connectivity index (χ2n) is 8.72. The number of hydrogen-bond donors (Lipinski definition) is 1. The molecule has 32 heavy (non-hydrogen) atoms. The molecule has 3 heterocycles. The minimum Gasteiger partial charge on any atom is -0.381 e. The third-order valence-corrected chi connectivity index (χ3v) is 8.52. The van der Waals surface area contributed by atoms with E-state index < -0.39 is 10.0 Å². The van der Waals surface area contributed by atoms with Gasteiger partial charge in [0.05, 0.1) is 0 Å². The maximum atomic E-state index is 13.4. The summed E-state index contributed by atoms with van der Waals surface area (Å²) in [5.41, 5.74) is 0.903. The van der Waals surface area contributed by atoms with Crippen LogP contribution >= 0.6 is 0 Å². The van der Waals surface area contributed by atoms with Crippen molar-refractivity contribution in [3.8, 4) is 0 Å². The molecule has 2 fully saturated rings. The molecule has 0 radical (unpaired) electrons. The minimum absolute atomic E-state index is 0.145. The fraction of sp³-hybridized carbons (Fsp3) is 0.522. The molecule has 2 saturated heterocycles. The topological polar surface area (TPSA) is 80.6 Å². The number of benzene rings is 1. The first-order valence-corrected chi connectivity index (χ1v) is 12.5. The van der Waals surface area contributed by atoms with Crippen LogP contribution in [0.2, 0.25) is 0 Å². The number of sulfonamides is 1. The molecule has 0 aliphatic carbocycles. The summed E-state index contributed by atoms with van der Waals surface area (Å²) >= 11 is 0. The predicted octanol–water partition coefficient (Wildman–Crippen LogP) is 2.82. The molecule has 0 unspecified atom stereocenters. The second-order valence-corrected chi connectivity index (χ2v) is 10.7. The summed E-state index contributed by atoms with van der Waals surface area (Å²) in [5, 5.41) is 2.99. The fourth-order valence-electron chi connectivity index (χ4n) is 4.63. The van der Waals surface area contributed by atoms with Gasteiger partial charge in [0.1, 0.15) is 16.4 Å². The van der Waals surface area contributed by atoms with Crippen LogP contribution in [-0.2, 0) is 27.2 Å². The average molecular weight is 464 g/mol. The first-order chi connectivity index (χ1) is 15.3. The van der Waals surface area contributed by atoms with Crippen LogP contribution in [-0.4, -0.2) is 56.0 Å². The van der Waals surface area contributed by atoms with Crippen molar-refractivity contribution in [3.63, 3.8) is 0 Å². The molecule has 0 spiro atoms. The molecule has 2 aliphatic heterocycles. The summed E-state index contributed by atoms with van der Waals surface area (Å²) in [7, 11) is -1.94. The zero-order chi connectivity index (χ0) is 22.8. The molecule has 7 nitrogen and oxygen atoms in total. The lowest BCUT2D eigenvalue weighted by molar-refractivity contribution is 0.0486. The van der Waals surface area contributed by atoms with Crippen LogP contribution in [0.4, 0.5) is 4.39 Å². The minimum atomic E-state index is -3.61. The first kappa shape index (κ1) is 22.9. The van der Waals surface area contributed by atoms with Crippen molar-refractivity contribution in [1.82, 2.24) is 14.2 Å². The van der Waals surface area contributed by atoms with Crippen LogP contribution in [0.25, 0.3) is 0 Å². The number of piperidine rings is 1. The van der Waals surface area contributed by atoms with Crippen LogP contribution in [0, 0.1) is 5.82 Å². The Morgan fingerprint density at radius 2 is 1.78 bits per heavy atom. The van der Waals surface area contributed by atoms with Crippen molar-refractivity contribution in [2.24, 2.45) is 7.05 Å². The number of carbonyl (C=O) groups excluding carboxylic acids is 1. The van der Waals surface area contributed by atoms with E-state index in [0.717, 1.165) is 24.8 Å². The third kappa shape index (κ3) is 4.60. The van der Waals surface area contributed by atoms with Gasteiger partial charge in [0, 0.05) is 51.5 Å². The molecule has 1 aromatic heterocycles. The zero-order valence-corrected chi connectivity index (χ0v) is 19.2. The van der Waals surface area contributed by atoms with E-state index in [-0.39, 0.29) is 22.0 Å². The van der Waals surface area contributed by atoms with Gasteiger partial charge in [-0.1, -0.05) is 18.6 Å². The SMILES string of the molecule is Cn1cc(S(=O)(=O)N2CCCCC2)cc1C(=O)NCC1(c2ccc(F)cc2)CCOCC1. The molecule has 0 bridgehead atoms. The van der Waals surface area contributed by atoms with Crippen LogP contribution < -0.4 is 5.32 Å². The quantitative estimate of drug-likeness (QED) is 0.715. The number of aromatic nitrogens is 1. The van der Waals surface area contributed by atoms with Crippen molar-refractivity contribution in [1.29, 1.82) is 0 Å². The van der Waals surface area contributed by atoms with Crippen molar-refractivity contribution >= 4 is 15.9 Å². The van der Waals surface area contributed by atoms with Gasteiger partial charge < -0.3 is 14.6 Å². The Kier molecular flexibility index (Phi) is 6.69. The predicted molar refractivity (Wildman–Crippen MR) is 118 cm³/mol. The number of amides is 1. The number of ether oxygens (including phenoxy) is 1. The average Bonchev–Trinajstić information content (AvgIpc) is 3.22. The Hall–Kier alpha value is -2.23. The van der Waals surface area contributed by atoms with E-state index in [1.807, 2.05) is 0 Å². The standard InChI is InChI=1S/C23H30FN3O4S/c1-26-16-20(32(29,30)27-11-3-2-4-12-27)15-21(26)22(28)25-17-23(9-13-31-14-10-23)18-5-7-19(24)8-6-18/h5-8,15-16H,2-4,9-14,17H2,1H3,(H,25,28). The van der Waals surface area contributed by atoms with Crippen LogP contribution in [0.1, 0.15) is 48.2 Å². The van der Waals surface area contributed by atoms with Gasteiger partial charge in [0.25, 0.3) is 5.91 Å². The molecule has 4 rings (SSSR count). The van der Waals surface area contributed by atoms with E-state index in [4.69, 9.17) is 4.74 Å². The van der Waals surface area contributed by atoms with Crippen LogP contribution in [0.3, 0.4) is 0 Å². The van der Waals surface area contributed by atoms with Gasteiger partial charge in [-0.15, -0.1) is 0 Å². The van der Waals surface area contributed by atoms with Gasteiger partial charge in [-0.3, -0.25) is 4.79 Å². The molecule has 1 aromatic carbocycles. The molecule has 2 aliphatic rings. The Morgan fingerprint density at radius 1 is 1.12 bits per heavy atom. The van der Waals surface area contributed by atoms with Crippen molar-refractivity contribution in [3.05, 3.63) is 53.6 Å². The highest BCUT2D eigenvalue weighted by Gasteiger charge is 2.35. The first-order valence-electron chi connectivity index (χ1n) is 11.1. The lowest BCUT2D eigenvalue weighted by atomic mass is 9.74. The number of halogens is 1. The smallest absolute Gasteiger partial charge is 0.267 e. The van der Waals surface area contributed by atoms with Crippen molar-refractivity contribution in [2.75, 3.05) is 32.8 Å². The van der Waals surface area contributed by atoms with Crippen molar-refractivity contribution in [2.45, 2.75) is 42.4 Å². The van der Waals surface area contributed by atoms with Gasteiger partial charge in [-0.05, 0) is 49.4 Å². The number of nitrogens with zero attached hydrogens (tertiary/aromatic N) is 2. The monoisotopic (exact) mass is 463 g/mol. The number of nitrogens with one attached hydrogen (secondary N) is 1. The molecule has 0 saturated carbocycles. The molecule has 1 amide bonds. The lowest BCUT2D eigenvalue weighted by Crippen LogP contribution is -2.44. The van der Waals surface area contributed by atoms with Gasteiger partial charge in [-0.2, -0.15) is 4.31 Å². The third-order valence-electron chi connectivity index (χ3n) is 6.66. The van der Waals surface area contributed by atoms with Crippen LogP contribution in [0.5, 0.6) is 0 Å². The summed E-state index contributed by atoms with van der Waals surface area (Å²) in [6.07, 6.45) is 5.67. The molecule has 1 N–H and O–H groups in total. The number of hydrogen-bond acceptors (Lipinski definition) is 4. The highest BCUT2D eigenvalue weighted by Crippen LogP contribution is 2.34. The molecule has 0 atom stereocenters.